The van der Waals surface area contributed by atoms with Gasteiger partial charge in [0.25, 0.3) is 5.91 Å². The van der Waals surface area contributed by atoms with Gasteiger partial charge in [0, 0.05) is 56.5 Å². The second kappa shape index (κ2) is 9.27. The Hall–Kier alpha value is -2.95. The van der Waals surface area contributed by atoms with Gasteiger partial charge in [0.05, 0.1) is 13.7 Å². The van der Waals surface area contributed by atoms with E-state index >= 15 is 0 Å². The molecule has 0 bridgehead atoms. The Bertz CT molecular complexity index is 914. The molecule has 3 atom stereocenters. The highest BCUT2D eigenvalue weighted by atomic mass is 19.2. The summed E-state index contributed by atoms with van der Waals surface area (Å²) in [6, 6.07) is 1.77. The minimum Gasteiger partial charge on any atom is -0.493 e. The van der Waals surface area contributed by atoms with Crippen molar-refractivity contribution in [2.75, 3.05) is 45.4 Å². The highest BCUT2D eigenvalue weighted by Crippen LogP contribution is 2.30. The Kier molecular flexibility index (Phi) is 6.87. The second-order valence-corrected chi connectivity index (χ2v) is 8.30. The zero-order chi connectivity index (χ0) is 23.6. The number of urea groups is 1. The van der Waals surface area contributed by atoms with E-state index in [0.717, 1.165) is 6.07 Å². The molecule has 4 amide bonds. The molecule has 9 nitrogen and oxygen atoms in total. The molecule has 11 heteroatoms. The third-order valence-corrected chi connectivity index (χ3v) is 5.95. The molecule has 0 spiro atoms. The molecule has 0 radical (unpaired) electrons. The lowest BCUT2D eigenvalue weighted by molar-refractivity contribution is -0.137. The molecule has 2 heterocycles. The molecular weight excluding hydrogens is 426 g/mol. The Morgan fingerprint density at radius 2 is 2.00 bits per heavy atom. The lowest BCUT2D eigenvalue weighted by Crippen LogP contribution is -2.57. The van der Waals surface area contributed by atoms with Crippen molar-refractivity contribution in [1.82, 2.24) is 15.5 Å². The van der Waals surface area contributed by atoms with Gasteiger partial charge in [0.15, 0.2) is 11.6 Å². The number of nitrogens with one attached hydrogen (secondary N) is 2. The van der Waals surface area contributed by atoms with Crippen LogP contribution in [0.15, 0.2) is 12.1 Å². The minimum atomic E-state index is -1.30. The Labute approximate surface area is 185 Å². The van der Waals surface area contributed by atoms with Gasteiger partial charge in [-0.1, -0.05) is 6.92 Å². The third kappa shape index (κ3) is 4.47. The summed E-state index contributed by atoms with van der Waals surface area (Å²) in [5, 5.41) is 4.78. The molecule has 2 fully saturated rings. The summed E-state index contributed by atoms with van der Waals surface area (Å²) in [5.74, 6) is -3.46. The number of halogens is 2. The normalized spacial score (nSPS) is 24.2. The van der Waals surface area contributed by atoms with Crippen LogP contribution in [-0.2, 0) is 14.3 Å². The lowest BCUT2D eigenvalue weighted by atomic mass is 9.87. The standard InChI is InChI=1S/C21H28F2N4O5/c1-12(9-21(11-31-3)19(29)24-20(30)25-21)18(28)26-5-6-27(13(2)10-26)14-7-15(22)17(23)16(8-14)32-4/h7-8,12-13H,5-6,9-11H2,1-4H3,(H2,24,25,29,30)/t12?,13-,21?/m0/s1. The van der Waals surface area contributed by atoms with Crippen molar-refractivity contribution < 1.29 is 32.6 Å². The number of imide groups is 1. The van der Waals surface area contributed by atoms with Crippen LogP contribution in [0.3, 0.4) is 0 Å². The predicted octanol–water partition coefficient (Wildman–Crippen LogP) is 1.26. The maximum Gasteiger partial charge on any atom is 0.322 e. The Balaban J connectivity index is 1.68. The lowest BCUT2D eigenvalue weighted by Gasteiger charge is -2.42. The number of hydrogen-bond donors (Lipinski definition) is 2. The van der Waals surface area contributed by atoms with Crippen molar-refractivity contribution in [3.63, 3.8) is 0 Å². The van der Waals surface area contributed by atoms with Gasteiger partial charge in [0.1, 0.15) is 5.54 Å². The van der Waals surface area contributed by atoms with Crippen LogP contribution in [-0.4, -0.2) is 74.8 Å². The molecule has 2 N–H and O–H groups in total. The van der Waals surface area contributed by atoms with E-state index in [1.807, 2.05) is 11.8 Å². The maximum absolute atomic E-state index is 14.0. The fourth-order valence-electron chi connectivity index (χ4n) is 4.41. The average Bonchev–Trinajstić information content (AvgIpc) is 3.01. The van der Waals surface area contributed by atoms with Gasteiger partial charge < -0.3 is 24.6 Å². The number of carbonyl (C=O) groups excluding carboxylic acids is 3. The number of rotatable bonds is 7. The van der Waals surface area contributed by atoms with Crippen LogP contribution in [0.2, 0.25) is 0 Å². The van der Waals surface area contributed by atoms with Crippen LogP contribution in [0.4, 0.5) is 19.3 Å². The molecule has 2 aliphatic rings. The smallest absolute Gasteiger partial charge is 0.322 e. The number of amides is 4. The zero-order valence-electron chi connectivity index (χ0n) is 18.5. The monoisotopic (exact) mass is 454 g/mol. The highest BCUT2D eigenvalue weighted by molar-refractivity contribution is 6.07. The number of anilines is 1. The topological polar surface area (TPSA) is 100 Å². The first-order valence-corrected chi connectivity index (χ1v) is 10.3. The number of piperazine rings is 1. The molecule has 2 unspecified atom stereocenters. The Morgan fingerprint density at radius 1 is 1.28 bits per heavy atom. The zero-order valence-corrected chi connectivity index (χ0v) is 18.5. The molecular formula is C21H28F2N4O5. The van der Waals surface area contributed by atoms with Gasteiger partial charge in [-0.2, -0.15) is 4.39 Å². The molecule has 3 rings (SSSR count). The summed E-state index contributed by atoms with van der Waals surface area (Å²) in [6.45, 7) is 4.67. The summed E-state index contributed by atoms with van der Waals surface area (Å²) >= 11 is 0. The first-order valence-electron chi connectivity index (χ1n) is 10.3. The van der Waals surface area contributed by atoms with E-state index in [9.17, 15) is 23.2 Å². The van der Waals surface area contributed by atoms with Crippen LogP contribution in [0, 0.1) is 17.6 Å². The van der Waals surface area contributed by atoms with Crippen molar-refractivity contribution in [3.8, 4) is 5.75 Å². The van der Waals surface area contributed by atoms with E-state index in [-0.39, 0.29) is 30.7 Å². The van der Waals surface area contributed by atoms with Crippen molar-refractivity contribution in [3.05, 3.63) is 23.8 Å². The van der Waals surface area contributed by atoms with Crippen molar-refractivity contribution in [2.24, 2.45) is 5.92 Å². The number of hydrogen-bond acceptors (Lipinski definition) is 6. The molecule has 2 saturated heterocycles. The largest absolute Gasteiger partial charge is 0.493 e. The van der Waals surface area contributed by atoms with Crippen LogP contribution < -0.4 is 20.3 Å². The van der Waals surface area contributed by atoms with Crippen molar-refractivity contribution in [2.45, 2.75) is 31.8 Å². The molecule has 32 heavy (non-hydrogen) atoms. The van der Waals surface area contributed by atoms with Crippen LogP contribution in [0.25, 0.3) is 0 Å². The van der Waals surface area contributed by atoms with Gasteiger partial charge >= 0.3 is 6.03 Å². The number of ether oxygens (including phenoxy) is 2. The fourth-order valence-corrected chi connectivity index (χ4v) is 4.41. The summed E-state index contributed by atoms with van der Waals surface area (Å²) in [4.78, 5) is 40.6. The fraction of sp³-hybridized carbons (Fsp3) is 0.571. The van der Waals surface area contributed by atoms with E-state index in [4.69, 9.17) is 9.47 Å². The molecule has 1 aromatic rings. The average molecular weight is 454 g/mol. The molecule has 0 aromatic heterocycles. The first-order chi connectivity index (χ1) is 15.1. The summed E-state index contributed by atoms with van der Waals surface area (Å²) < 4.78 is 37.8. The quantitative estimate of drug-likeness (QED) is 0.602. The molecule has 0 saturated carbocycles. The summed E-state index contributed by atoms with van der Waals surface area (Å²) in [7, 11) is 2.69. The third-order valence-electron chi connectivity index (χ3n) is 5.95. The Morgan fingerprint density at radius 3 is 2.56 bits per heavy atom. The van der Waals surface area contributed by atoms with E-state index in [1.165, 1.54) is 20.3 Å². The van der Waals surface area contributed by atoms with Gasteiger partial charge in [-0.05, 0) is 13.3 Å². The van der Waals surface area contributed by atoms with E-state index in [0.29, 0.717) is 25.3 Å². The maximum atomic E-state index is 14.0. The number of nitrogens with zero attached hydrogens (tertiary/aromatic N) is 2. The minimum absolute atomic E-state index is 0.0513. The summed E-state index contributed by atoms with van der Waals surface area (Å²) in [5.41, 5.74) is -0.825. The van der Waals surface area contributed by atoms with Crippen LogP contribution >= 0.6 is 0 Å². The van der Waals surface area contributed by atoms with Gasteiger partial charge in [-0.25, -0.2) is 9.18 Å². The SMILES string of the molecule is COCC1(CC(C)C(=O)N2CCN(c3cc(F)c(F)c(OC)c3)[C@@H](C)C2)NC(=O)NC1=O. The van der Waals surface area contributed by atoms with Crippen LogP contribution in [0.5, 0.6) is 5.75 Å². The highest BCUT2D eigenvalue weighted by Gasteiger charge is 2.48. The summed E-state index contributed by atoms with van der Waals surface area (Å²) in [6.07, 6.45) is 0.0895. The predicted molar refractivity (Wildman–Crippen MR) is 111 cm³/mol. The van der Waals surface area contributed by atoms with E-state index in [2.05, 4.69) is 10.6 Å². The molecule has 1 aromatic carbocycles. The van der Waals surface area contributed by atoms with Crippen molar-refractivity contribution in [1.29, 1.82) is 0 Å². The van der Waals surface area contributed by atoms with Gasteiger partial charge in [-0.15, -0.1) is 0 Å². The molecule has 0 aliphatic carbocycles. The molecule has 2 aliphatic heterocycles. The second-order valence-electron chi connectivity index (χ2n) is 8.30. The molecule has 176 valence electrons. The van der Waals surface area contributed by atoms with Crippen molar-refractivity contribution >= 4 is 23.5 Å². The first kappa shape index (κ1) is 23.7. The number of carbonyl (C=O) groups is 3. The van der Waals surface area contributed by atoms with Gasteiger partial charge in [0.2, 0.25) is 11.7 Å². The number of methoxy groups -OCH3 is 2. The van der Waals surface area contributed by atoms with Gasteiger partial charge in [-0.3, -0.25) is 14.9 Å². The van der Waals surface area contributed by atoms with Crippen LogP contribution in [0.1, 0.15) is 20.3 Å². The van der Waals surface area contributed by atoms with E-state index in [1.54, 1.807) is 11.8 Å². The number of benzene rings is 1. The van der Waals surface area contributed by atoms with E-state index < -0.39 is 35.0 Å².